The Morgan fingerprint density at radius 2 is 1.69 bits per heavy atom. The van der Waals surface area contributed by atoms with E-state index in [9.17, 15) is 24.5 Å². The van der Waals surface area contributed by atoms with Crippen molar-refractivity contribution in [3.63, 3.8) is 0 Å². The van der Waals surface area contributed by atoms with E-state index in [1.807, 2.05) is 0 Å². The second kappa shape index (κ2) is 5.50. The van der Waals surface area contributed by atoms with Crippen LogP contribution < -0.4 is 5.32 Å². The van der Waals surface area contributed by atoms with Gasteiger partial charge in [-0.1, -0.05) is 44.0 Å². The summed E-state index contributed by atoms with van der Waals surface area (Å²) in [7, 11) is 0. The minimum Gasteiger partial charge on any atom is -0.319 e. The van der Waals surface area contributed by atoms with E-state index in [-0.39, 0.29) is 22.2 Å². The fraction of sp³-hybridized carbons (Fsp3) is 0.471. The third-order valence-electron chi connectivity index (χ3n) is 6.41. The third-order valence-corrected chi connectivity index (χ3v) is 7.13. The number of nitrogens with zero attached hydrogens (tertiary/aromatic N) is 1. The number of hydrogen-bond acceptors (Lipinski definition) is 5. The third kappa shape index (κ3) is 2.04. The maximum absolute atomic E-state index is 13.1. The first-order valence-electron chi connectivity index (χ1n) is 7.94. The van der Waals surface area contributed by atoms with Crippen molar-refractivity contribution in [2.75, 3.05) is 5.32 Å². The number of fused-ring (bicyclic) bond motifs is 2. The van der Waals surface area contributed by atoms with E-state index in [2.05, 4.69) is 5.32 Å². The lowest BCUT2D eigenvalue weighted by Crippen LogP contribution is -2.47. The number of anilines is 1. The Bertz CT molecular complexity index is 897. The van der Waals surface area contributed by atoms with Crippen LogP contribution in [-0.2, 0) is 14.4 Å². The number of Topliss-reactive ketones (excluding diaryl/α,β-unsaturated/α-hetero) is 2. The maximum Gasteiger partial charge on any atom is 0.294 e. The molecule has 9 heteroatoms. The van der Waals surface area contributed by atoms with Crippen LogP contribution in [0.1, 0.15) is 33.6 Å². The fourth-order valence-electron chi connectivity index (χ4n) is 4.29. The minimum atomic E-state index is -1.56. The minimum absolute atomic E-state index is 0.0226. The van der Waals surface area contributed by atoms with Gasteiger partial charge in [-0.15, -0.1) is 0 Å². The lowest BCUT2D eigenvalue weighted by atomic mass is 9.64. The van der Waals surface area contributed by atoms with Gasteiger partial charge < -0.3 is 5.32 Å². The van der Waals surface area contributed by atoms with Gasteiger partial charge in [-0.3, -0.25) is 24.5 Å². The molecule has 2 unspecified atom stereocenters. The highest BCUT2D eigenvalue weighted by Gasteiger charge is 2.77. The van der Waals surface area contributed by atoms with E-state index >= 15 is 0 Å². The molecule has 0 spiro atoms. The zero-order valence-corrected chi connectivity index (χ0v) is 15.8. The molecule has 1 amide bonds. The van der Waals surface area contributed by atoms with Crippen LogP contribution in [0.5, 0.6) is 0 Å². The predicted octanol–water partition coefficient (Wildman–Crippen LogP) is 3.80. The number of hydrogen-bond donors (Lipinski definition) is 1. The number of nitrogens with one attached hydrogen (secondary N) is 1. The summed E-state index contributed by atoms with van der Waals surface area (Å²) in [6.45, 7) is 5.12. The average molecular weight is 399 g/mol. The first kappa shape index (κ1) is 18.8. The Hall–Kier alpha value is -1.99. The molecule has 0 aliphatic heterocycles. The number of carbonyl (C=O) groups excluding carboxylic acids is 3. The van der Waals surface area contributed by atoms with Gasteiger partial charge in [-0.2, -0.15) is 0 Å². The molecule has 2 atom stereocenters. The summed E-state index contributed by atoms with van der Waals surface area (Å²) in [5.74, 6) is -2.03. The summed E-state index contributed by atoms with van der Waals surface area (Å²) >= 11 is 11.7. The van der Waals surface area contributed by atoms with E-state index < -0.39 is 44.3 Å². The van der Waals surface area contributed by atoms with Crippen LogP contribution in [0.25, 0.3) is 0 Å². The number of ketones is 2. The molecule has 1 N–H and O–H groups in total. The van der Waals surface area contributed by atoms with Crippen LogP contribution in [-0.4, -0.2) is 22.4 Å². The standard InChI is InChI=1S/C17H16Cl2N2O5/c1-15(2)16(3)4-5-17(15,13(23)12(16)22)14(24)20-10-6-8(18)9(19)7-11(10)21(25)26/h6-7H,4-5H2,1-3H3,(H,20,24). The highest BCUT2D eigenvalue weighted by atomic mass is 35.5. The molecule has 26 heavy (non-hydrogen) atoms. The topological polar surface area (TPSA) is 106 Å². The summed E-state index contributed by atoms with van der Waals surface area (Å²) < 4.78 is 0. The van der Waals surface area contributed by atoms with Gasteiger partial charge in [0.25, 0.3) is 5.69 Å². The van der Waals surface area contributed by atoms with Gasteiger partial charge in [-0.25, -0.2) is 0 Å². The van der Waals surface area contributed by atoms with E-state index in [4.69, 9.17) is 23.2 Å². The molecule has 2 aliphatic rings. The van der Waals surface area contributed by atoms with Crippen LogP contribution in [0.2, 0.25) is 10.0 Å². The number of rotatable bonds is 3. The van der Waals surface area contributed by atoms with E-state index in [0.717, 1.165) is 6.07 Å². The van der Waals surface area contributed by atoms with Gasteiger partial charge >= 0.3 is 0 Å². The maximum atomic E-state index is 13.1. The molecular weight excluding hydrogens is 383 g/mol. The summed E-state index contributed by atoms with van der Waals surface area (Å²) in [5, 5.41) is 13.7. The van der Waals surface area contributed by atoms with Crippen LogP contribution >= 0.6 is 23.2 Å². The van der Waals surface area contributed by atoms with Crippen molar-refractivity contribution in [2.45, 2.75) is 33.6 Å². The Labute approximate surface area is 159 Å². The number of nitro groups is 1. The largest absolute Gasteiger partial charge is 0.319 e. The number of benzene rings is 1. The summed E-state index contributed by atoms with van der Waals surface area (Å²) in [6, 6.07) is 2.20. The molecule has 2 saturated carbocycles. The first-order valence-corrected chi connectivity index (χ1v) is 8.70. The predicted molar refractivity (Wildman–Crippen MR) is 95.3 cm³/mol. The van der Waals surface area contributed by atoms with E-state index in [1.54, 1.807) is 20.8 Å². The van der Waals surface area contributed by atoms with E-state index in [1.165, 1.54) is 6.07 Å². The van der Waals surface area contributed by atoms with Gasteiger partial charge in [0.05, 0.1) is 15.0 Å². The molecule has 7 nitrogen and oxygen atoms in total. The molecule has 3 rings (SSSR count). The van der Waals surface area contributed by atoms with Gasteiger partial charge in [-0.05, 0) is 24.3 Å². The van der Waals surface area contributed by atoms with Gasteiger partial charge in [0, 0.05) is 11.5 Å². The SMILES string of the molecule is CC12CCC(C(=O)Nc3cc(Cl)c(Cl)cc3[N+](=O)[O-])(C(=O)C1=O)C2(C)C. The summed E-state index contributed by atoms with van der Waals surface area (Å²) in [5.41, 5.74) is -4.01. The Morgan fingerprint density at radius 3 is 2.19 bits per heavy atom. The Balaban J connectivity index is 2.07. The zero-order chi connectivity index (χ0) is 19.7. The van der Waals surface area contributed by atoms with Crippen molar-refractivity contribution in [3.8, 4) is 0 Å². The molecule has 138 valence electrons. The molecule has 2 fully saturated rings. The second-order valence-electron chi connectivity index (χ2n) is 7.52. The number of halogens is 2. The normalized spacial score (nSPS) is 29.1. The second-order valence-corrected chi connectivity index (χ2v) is 8.33. The van der Waals surface area contributed by atoms with Crippen LogP contribution in [0.15, 0.2) is 12.1 Å². The van der Waals surface area contributed by atoms with Crippen LogP contribution in [0.3, 0.4) is 0 Å². The summed E-state index contributed by atoms with van der Waals surface area (Å²) in [6.07, 6.45) is 0.615. The van der Waals surface area contributed by atoms with Crippen molar-refractivity contribution in [1.82, 2.24) is 0 Å². The molecule has 0 heterocycles. The molecular formula is C17H16Cl2N2O5. The zero-order valence-electron chi connectivity index (χ0n) is 14.3. The van der Waals surface area contributed by atoms with Crippen LogP contribution in [0, 0.1) is 26.4 Å². The Morgan fingerprint density at radius 1 is 1.12 bits per heavy atom. The summed E-state index contributed by atoms with van der Waals surface area (Å²) in [4.78, 5) is 48.8. The van der Waals surface area contributed by atoms with Crippen molar-refractivity contribution >= 4 is 52.1 Å². The number of amides is 1. The quantitative estimate of drug-likeness (QED) is 0.360. The van der Waals surface area contributed by atoms with Gasteiger partial charge in [0.15, 0.2) is 0 Å². The smallest absolute Gasteiger partial charge is 0.294 e. The lowest BCUT2D eigenvalue weighted by molar-refractivity contribution is -0.383. The molecule has 0 saturated heterocycles. The van der Waals surface area contributed by atoms with Gasteiger partial charge in [0.1, 0.15) is 11.1 Å². The van der Waals surface area contributed by atoms with Gasteiger partial charge in [0.2, 0.25) is 17.5 Å². The van der Waals surface area contributed by atoms with Crippen molar-refractivity contribution in [3.05, 3.63) is 32.3 Å². The monoisotopic (exact) mass is 398 g/mol. The molecule has 0 radical (unpaired) electrons. The van der Waals surface area contributed by atoms with Crippen molar-refractivity contribution in [2.24, 2.45) is 16.2 Å². The Kier molecular flexibility index (Phi) is 3.98. The molecule has 2 aliphatic carbocycles. The highest BCUT2D eigenvalue weighted by molar-refractivity contribution is 6.49. The molecule has 0 aromatic heterocycles. The number of nitro benzene ring substituents is 1. The van der Waals surface area contributed by atoms with E-state index in [0.29, 0.717) is 6.42 Å². The molecule has 1 aromatic rings. The highest BCUT2D eigenvalue weighted by Crippen LogP contribution is 2.69. The van der Waals surface area contributed by atoms with Crippen molar-refractivity contribution in [1.29, 1.82) is 0 Å². The average Bonchev–Trinajstić information content (AvgIpc) is 2.82. The fourth-order valence-corrected chi connectivity index (χ4v) is 4.61. The van der Waals surface area contributed by atoms with Crippen molar-refractivity contribution < 1.29 is 19.3 Å². The number of carbonyl (C=O) groups is 3. The van der Waals surface area contributed by atoms with Crippen LogP contribution in [0.4, 0.5) is 11.4 Å². The molecule has 1 aromatic carbocycles. The molecule has 2 bridgehead atoms. The lowest BCUT2D eigenvalue weighted by Gasteiger charge is -2.37. The first-order chi connectivity index (χ1) is 11.9.